The number of pyridine rings is 1. The van der Waals surface area contributed by atoms with Gasteiger partial charge in [-0.25, -0.2) is 4.79 Å². The van der Waals surface area contributed by atoms with Crippen LogP contribution in [0.1, 0.15) is 43.3 Å². The molecule has 0 aromatic carbocycles. The van der Waals surface area contributed by atoms with Crippen LogP contribution in [0.15, 0.2) is 18.3 Å². The van der Waals surface area contributed by atoms with Crippen LogP contribution in [0.4, 0.5) is 4.79 Å². The van der Waals surface area contributed by atoms with Crippen LogP contribution in [0.25, 0.3) is 0 Å². The molecule has 0 radical (unpaired) electrons. The first kappa shape index (κ1) is 5.91. The van der Waals surface area contributed by atoms with Crippen molar-refractivity contribution in [3.05, 3.63) is 24.0 Å². The van der Waals surface area contributed by atoms with Crippen molar-refractivity contribution in [2.45, 2.75) is 32.3 Å². The van der Waals surface area contributed by atoms with E-state index in [9.17, 15) is 9.90 Å². The highest BCUT2D eigenvalue weighted by Crippen LogP contribution is 2.27. The lowest BCUT2D eigenvalue weighted by Gasteiger charge is -2.39. The molecule has 1 aromatic rings. The average Bonchev–Trinajstić information content (AvgIpc) is 2.45. The molecule has 0 bridgehead atoms. The molecular weight excluding hydrogens is 232 g/mol. The average molecular weight is 258 g/mol. The molecule has 2 heterocycles. The normalized spacial score (nSPS) is 30.1. The molecule has 5 nitrogen and oxygen atoms in total. The van der Waals surface area contributed by atoms with Crippen molar-refractivity contribution in [3.63, 3.8) is 0 Å². The molecule has 1 saturated heterocycles. The van der Waals surface area contributed by atoms with Gasteiger partial charge in [0.05, 0.1) is 15.8 Å². The zero-order valence-corrected chi connectivity index (χ0v) is 10.2. The fourth-order valence-electron chi connectivity index (χ4n) is 1.13. The van der Waals surface area contributed by atoms with Crippen LogP contribution >= 0.6 is 0 Å². The number of nitrogens with zero attached hydrogens (tertiary/aromatic N) is 2. The summed E-state index contributed by atoms with van der Waals surface area (Å²) in [5.41, 5.74) is -1.90. The van der Waals surface area contributed by atoms with Crippen molar-refractivity contribution in [1.82, 2.24) is 9.88 Å². The van der Waals surface area contributed by atoms with E-state index in [0.717, 1.165) is 0 Å². The van der Waals surface area contributed by atoms with Crippen molar-refractivity contribution in [1.29, 1.82) is 0 Å². The lowest BCUT2D eigenvalue weighted by Crippen LogP contribution is -2.50. The summed E-state index contributed by atoms with van der Waals surface area (Å²) in [5, 5.41) is 9.51. The van der Waals surface area contributed by atoms with E-state index in [0.29, 0.717) is 0 Å². The third-order valence-electron chi connectivity index (χ3n) is 1.83. The van der Waals surface area contributed by atoms with Gasteiger partial charge in [-0.3, -0.25) is 4.98 Å². The van der Waals surface area contributed by atoms with E-state index >= 15 is 0 Å². The molecule has 0 unspecified atom stereocenters. The Kier molecular flexibility index (Phi) is 1.47. The van der Waals surface area contributed by atoms with Gasteiger partial charge in [-0.15, -0.1) is 0 Å². The maximum absolute atomic E-state index is 12.2. The highest BCUT2D eigenvalue weighted by atomic mass is 16.6. The molecule has 18 heavy (non-hydrogen) atoms. The molecular formula is C13H18N2O3. The van der Waals surface area contributed by atoms with Crippen LogP contribution in [0, 0.1) is 0 Å². The summed E-state index contributed by atoms with van der Waals surface area (Å²) in [6.07, 6.45) is -2.23. The largest absolute Gasteiger partial charge is 0.506 e. The van der Waals surface area contributed by atoms with E-state index in [-0.39, 0.29) is 4.90 Å². The Labute approximate surface area is 118 Å². The van der Waals surface area contributed by atoms with Gasteiger partial charge in [-0.2, -0.15) is 0 Å². The van der Waals surface area contributed by atoms with Gasteiger partial charge in [0, 0.05) is 26.0 Å². The second-order valence-corrected chi connectivity index (χ2v) is 4.59. The Bertz CT molecular complexity index is 762. The molecule has 1 amide bonds. The number of ether oxygens (including phenoxy) is 1. The minimum Gasteiger partial charge on any atom is -0.506 e. The molecule has 0 spiro atoms. The molecule has 1 aliphatic heterocycles. The molecule has 0 aliphatic carbocycles. The summed E-state index contributed by atoms with van der Waals surface area (Å²) in [6, 6.07) is -1.78. The monoisotopic (exact) mass is 258 g/mol. The lowest BCUT2D eigenvalue weighted by molar-refractivity contribution is 0.00786. The fourth-order valence-corrected chi connectivity index (χ4v) is 1.13. The van der Waals surface area contributed by atoms with Gasteiger partial charge < -0.3 is 14.7 Å². The highest BCUT2D eigenvalue weighted by molar-refractivity contribution is 5.69. The summed E-state index contributed by atoms with van der Waals surface area (Å²) < 4.78 is 68.4. The van der Waals surface area contributed by atoms with Crippen molar-refractivity contribution in [3.8, 4) is 5.75 Å². The first-order valence-electron chi connectivity index (χ1n) is 9.20. The Morgan fingerprint density at radius 1 is 1.67 bits per heavy atom. The number of aromatic hydroxyl groups is 1. The van der Waals surface area contributed by atoms with Crippen molar-refractivity contribution >= 4 is 6.09 Å². The molecule has 1 fully saturated rings. The SMILES string of the molecule is [2H]c1nc(C2([2H])C([2H])([2H])N(C(=O)OC(C)(C)C)C2([2H])[2H])c([2H])c([2H])c1O. The first-order chi connectivity index (χ1) is 11.5. The number of hydrogen-bond acceptors (Lipinski definition) is 4. The van der Waals surface area contributed by atoms with Crippen LogP contribution < -0.4 is 0 Å². The zero-order valence-electron chi connectivity index (χ0n) is 18.2. The summed E-state index contributed by atoms with van der Waals surface area (Å²) in [4.78, 5) is 15.8. The number of likely N-dealkylation sites (tertiary alicyclic amines) is 1. The quantitative estimate of drug-likeness (QED) is 0.838. The fraction of sp³-hybridized carbons (Fsp3) is 0.538. The summed E-state index contributed by atoms with van der Waals surface area (Å²) in [6.45, 7) is -1.46. The minimum absolute atomic E-state index is 0.0967. The van der Waals surface area contributed by atoms with Gasteiger partial charge in [0.2, 0.25) is 0 Å². The Hall–Kier alpha value is -1.78. The lowest BCUT2D eigenvalue weighted by atomic mass is 9.96. The van der Waals surface area contributed by atoms with Crippen LogP contribution in [-0.4, -0.2) is 39.7 Å². The molecule has 2 rings (SSSR count). The predicted molar refractivity (Wildman–Crippen MR) is 66.4 cm³/mol. The highest BCUT2D eigenvalue weighted by Gasteiger charge is 2.35. The first-order valence-corrected chi connectivity index (χ1v) is 5.20. The molecule has 0 atom stereocenters. The van der Waals surface area contributed by atoms with E-state index in [2.05, 4.69) is 4.98 Å². The van der Waals surface area contributed by atoms with Crippen LogP contribution in [0.5, 0.6) is 5.75 Å². The third kappa shape index (κ3) is 2.91. The maximum Gasteiger partial charge on any atom is 0.410 e. The van der Waals surface area contributed by atoms with Crippen LogP contribution in [0.2, 0.25) is 0 Å². The van der Waals surface area contributed by atoms with Crippen LogP contribution in [-0.2, 0) is 4.74 Å². The van der Waals surface area contributed by atoms with Gasteiger partial charge in [0.25, 0.3) is 0 Å². The number of rotatable bonds is 1. The smallest absolute Gasteiger partial charge is 0.410 e. The van der Waals surface area contributed by atoms with Gasteiger partial charge in [0.15, 0.2) is 0 Å². The van der Waals surface area contributed by atoms with Crippen molar-refractivity contribution < 1.29 is 25.6 Å². The summed E-state index contributed by atoms with van der Waals surface area (Å²) in [7, 11) is 0. The Morgan fingerprint density at radius 3 is 2.94 bits per heavy atom. The van der Waals surface area contributed by atoms with Gasteiger partial charge >= 0.3 is 6.09 Å². The molecule has 98 valence electrons. The zero-order chi connectivity index (χ0) is 20.5. The number of hydrogen-bond donors (Lipinski definition) is 1. The second-order valence-electron chi connectivity index (χ2n) is 4.59. The van der Waals surface area contributed by atoms with Gasteiger partial charge in [0.1, 0.15) is 11.4 Å². The number of aromatic nitrogens is 1. The van der Waals surface area contributed by atoms with Gasteiger partial charge in [-0.05, 0) is 32.9 Å². The second kappa shape index (κ2) is 4.48. The summed E-state index contributed by atoms with van der Waals surface area (Å²) in [5.74, 6) is -3.85. The molecule has 1 N–H and O–H groups in total. The standard InChI is InChI=1S/C13H18N2O3/c1-13(2,3)18-12(17)15-7-9(8-15)11-5-4-10(16)6-14-11/h4-6,9,16H,7-8H2,1-3H3/i4D,5D,6D,7D2,8D2,9D. The van der Waals surface area contributed by atoms with Crippen LogP contribution in [0.3, 0.4) is 0 Å². The summed E-state index contributed by atoms with van der Waals surface area (Å²) >= 11 is 0. The van der Waals surface area contributed by atoms with Gasteiger partial charge in [-0.1, -0.05) is 0 Å². The maximum atomic E-state index is 12.2. The molecule has 0 saturated carbocycles. The van der Waals surface area contributed by atoms with E-state index in [1.165, 1.54) is 20.8 Å². The number of amides is 1. The minimum atomic E-state index is -2.99. The van der Waals surface area contributed by atoms with E-state index in [4.69, 9.17) is 15.7 Å². The number of carbonyl (C=O) groups excluding carboxylic acids is 1. The number of carbonyl (C=O) groups is 1. The molecule has 1 aromatic heterocycles. The molecule has 5 heteroatoms. The topological polar surface area (TPSA) is 62.7 Å². The van der Waals surface area contributed by atoms with E-state index < -0.39 is 60.3 Å². The third-order valence-corrected chi connectivity index (χ3v) is 1.83. The predicted octanol–water partition coefficient (Wildman–Crippen LogP) is 2.12. The Balaban J connectivity index is 2.60. The Morgan fingerprint density at radius 2 is 2.33 bits per heavy atom. The van der Waals surface area contributed by atoms with E-state index in [1.807, 2.05) is 0 Å². The van der Waals surface area contributed by atoms with E-state index in [1.54, 1.807) is 0 Å². The van der Waals surface area contributed by atoms with Crippen molar-refractivity contribution in [2.24, 2.45) is 0 Å². The van der Waals surface area contributed by atoms with Crippen molar-refractivity contribution in [2.75, 3.05) is 13.0 Å². The molecule has 1 aliphatic rings.